The predicted molar refractivity (Wildman–Crippen MR) is 70.0 cm³/mol. The average molecular weight is 297 g/mol. The predicted octanol–water partition coefficient (Wildman–Crippen LogP) is 3.78. The molecular weight excluding hydrogens is 288 g/mol. The van der Waals surface area contributed by atoms with Crippen molar-refractivity contribution in [3.63, 3.8) is 0 Å². The number of carboxylic acid groups (broad SMARTS) is 1. The molecule has 2 aromatic carbocycles. The van der Waals surface area contributed by atoms with Gasteiger partial charge in [0.1, 0.15) is 0 Å². The largest absolute Gasteiger partial charge is 0.481 e. The van der Waals surface area contributed by atoms with Crippen LogP contribution in [0.3, 0.4) is 0 Å². The Morgan fingerprint density at radius 2 is 2.00 bits per heavy atom. The smallest absolute Gasteiger partial charge is 0.313 e. The van der Waals surface area contributed by atoms with Gasteiger partial charge in [-0.2, -0.15) is 0 Å². The fraction of sp³-hybridized carbons (Fsp3) is 0.0833. The normalized spacial score (nSPS) is 10.6. The van der Waals surface area contributed by atoms with Gasteiger partial charge in [0.05, 0.1) is 5.75 Å². The van der Waals surface area contributed by atoms with E-state index >= 15 is 0 Å². The SMILES string of the molecule is O=C(O)CSc1ccc2ccccc2c1Br. The van der Waals surface area contributed by atoms with Crippen molar-refractivity contribution in [2.75, 3.05) is 5.75 Å². The van der Waals surface area contributed by atoms with Crippen LogP contribution in [-0.4, -0.2) is 16.8 Å². The van der Waals surface area contributed by atoms with Crippen LogP contribution in [0, 0.1) is 0 Å². The quantitative estimate of drug-likeness (QED) is 0.876. The van der Waals surface area contributed by atoms with Crippen LogP contribution >= 0.6 is 27.7 Å². The van der Waals surface area contributed by atoms with Crippen molar-refractivity contribution < 1.29 is 9.90 Å². The highest BCUT2D eigenvalue weighted by Crippen LogP contribution is 2.33. The summed E-state index contributed by atoms with van der Waals surface area (Å²) in [7, 11) is 0. The van der Waals surface area contributed by atoms with Crippen molar-refractivity contribution in [2.45, 2.75) is 4.90 Å². The monoisotopic (exact) mass is 296 g/mol. The second-order valence-corrected chi connectivity index (χ2v) is 5.09. The number of aliphatic carboxylic acids is 1. The maximum Gasteiger partial charge on any atom is 0.313 e. The zero-order chi connectivity index (χ0) is 11.5. The van der Waals surface area contributed by atoms with E-state index in [1.54, 1.807) is 0 Å². The van der Waals surface area contributed by atoms with Gasteiger partial charge < -0.3 is 5.11 Å². The summed E-state index contributed by atoms with van der Waals surface area (Å²) in [5, 5.41) is 10.9. The highest BCUT2D eigenvalue weighted by Gasteiger charge is 2.06. The Bertz CT molecular complexity index is 540. The number of halogens is 1. The molecule has 0 aliphatic heterocycles. The molecule has 0 aromatic heterocycles. The fourth-order valence-electron chi connectivity index (χ4n) is 1.46. The van der Waals surface area contributed by atoms with Crippen LogP contribution in [0.25, 0.3) is 10.8 Å². The molecule has 0 saturated heterocycles. The zero-order valence-corrected chi connectivity index (χ0v) is 10.7. The van der Waals surface area contributed by atoms with Gasteiger partial charge in [0.2, 0.25) is 0 Å². The van der Waals surface area contributed by atoms with Crippen LogP contribution in [0.2, 0.25) is 0 Å². The summed E-state index contributed by atoms with van der Waals surface area (Å²) in [6.07, 6.45) is 0. The Kier molecular flexibility index (Phi) is 3.51. The van der Waals surface area contributed by atoms with Crippen LogP contribution < -0.4 is 0 Å². The summed E-state index contributed by atoms with van der Waals surface area (Å²) in [5.41, 5.74) is 0. The lowest BCUT2D eigenvalue weighted by Gasteiger charge is -2.06. The van der Waals surface area contributed by atoms with Crippen LogP contribution in [0.1, 0.15) is 0 Å². The molecular formula is C12H9BrO2S. The third kappa shape index (κ3) is 2.39. The molecule has 2 aromatic rings. The first-order chi connectivity index (χ1) is 7.68. The van der Waals surface area contributed by atoms with Crippen LogP contribution in [-0.2, 0) is 4.79 Å². The summed E-state index contributed by atoms with van der Waals surface area (Å²) in [6.45, 7) is 0. The summed E-state index contributed by atoms with van der Waals surface area (Å²) < 4.78 is 0.969. The summed E-state index contributed by atoms with van der Waals surface area (Å²) in [6, 6.07) is 12.0. The van der Waals surface area contributed by atoms with Gasteiger partial charge in [0.25, 0.3) is 0 Å². The molecule has 0 unspecified atom stereocenters. The number of hydrogen-bond donors (Lipinski definition) is 1. The van der Waals surface area contributed by atoms with Crippen molar-refractivity contribution >= 4 is 44.4 Å². The van der Waals surface area contributed by atoms with Crippen LogP contribution in [0.5, 0.6) is 0 Å². The number of carboxylic acids is 1. The minimum atomic E-state index is -0.801. The molecule has 0 amide bonds. The molecule has 0 bridgehead atoms. The van der Waals surface area contributed by atoms with Crippen molar-refractivity contribution in [1.29, 1.82) is 0 Å². The number of hydrogen-bond acceptors (Lipinski definition) is 2. The molecule has 4 heteroatoms. The van der Waals surface area contributed by atoms with Crippen molar-refractivity contribution in [3.8, 4) is 0 Å². The van der Waals surface area contributed by atoms with E-state index in [2.05, 4.69) is 15.9 Å². The number of carbonyl (C=O) groups is 1. The summed E-state index contributed by atoms with van der Waals surface area (Å²) in [5.74, 6) is -0.721. The second kappa shape index (κ2) is 4.89. The van der Waals surface area contributed by atoms with Crippen LogP contribution in [0.15, 0.2) is 45.8 Å². The molecule has 82 valence electrons. The maximum atomic E-state index is 10.5. The van der Waals surface area contributed by atoms with Crippen LogP contribution in [0.4, 0.5) is 0 Å². The Labute approximate surface area is 106 Å². The van der Waals surface area contributed by atoms with Gasteiger partial charge in [0.15, 0.2) is 0 Å². The zero-order valence-electron chi connectivity index (χ0n) is 8.31. The van der Waals surface area contributed by atoms with Crippen molar-refractivity contribution in [1.82, 2.24) is 0 Å². The minimum Gasteiger partial charge on any atom is -0.481 e. The third-order valence-electron chi connectivity index (χ3n) is 2.18. The van der Waals surface area contributed by atoms with Crippen molar-refractivity contribution in [3.05, 3.63) is 40.9 Å². The van der Waals surface area contributed by atoms with Gasteiger partial charge in [-0.15, -0.1) is 11.8 Å². The number of rotatable bonds is 3. The van der Waals surface area contributed by atoms with Gasteiger partial charge in [0, 0.05) is 9.37 Å². The first kappa shape index (κ1) is 11.5. The Morgan fingerprint density at radius 3 is 2.75 bits per heavy atom. The van der Waals surface area contributed by atoms with E-state index in [0.717, 1.165) is 20.1 Å². The molecule has 0 heterocycles. The Hall–Kier alpha value is -1.00. The maximum absolute atomic E-state index is 10.5. The van der Waals surface area contributed by atoms with E-state index in [-0.39, 0.29) is 5.75 Å². The topological polar surface area (TPSA) is 37.3 Å². The molecule has 0 radical (unpaired) electrons. The molecule has 2 nitrogen and oxygen atoms in total. The molecule has 2 rings (SSSR count). The second-order valence-electron chi connectivity index (χ2n) is 3.28. The lowest BCUT2D eigenvalue weighted by Crippen LogP contribution is -1.97. The third-order valence-corrected chi connectivity index (χ3v) is 4.34. The van der Waals surface area contributed by atoms with Gasteiger partial charge in [-0.1, -0.05) is 30.3 Å². The van der Waals surface area contributed by atoms with Gasteiger partial charge in [-0.25, -0.2) is 0 Å². The molecule has 0 aliphatic carbocycles. The highest BCUT2D eigenvalue weighted by molar-refractivity contribution is 9.10. The van der Waals surface area contributed by atoms with E-state index in [1.165, 1.54) is 11.8 Å². The molecule has 0 atom stereocenters. The lowest BCUT2D eigenvalue weighted by atomic mass is 10.1. The number of benzene rings is 2. The molecule has 16 heavy (non-hydrogen) atoms. The van der Waals surface area contributed by atoms with E-state index < -0.39 is 5.97 Å². The van der Waals surface area contributed by atoms with Gasteiger partial charge in [-0.05, 0) is 32.8 Å². The van der Waals surface area contributed by atoms with Gasteiger partial charge in [-0.3, -0.25) is 4.79 Å². The van der Waals surface area contributed by atoms with Gasteiger partial charge >= 0.3 is 5.97 Å². The summed E-state index contributed by atoms with van der Waals surface area (Å²) in [4.78, 5) is 11.5. The minimum absolute atomic E-state index is 0.0803. The highest BCUT2D eigenvalue weighted by atomic mass is 79.9. The van der Waals surface area contributed by atoms with E-state index in [1.807, 2.05) is 36.4 Å². The van der Waals surface area contributed by atoms with E-state index in [0.29, 0.717) is 0 Å². The van der Waals surface area contributed by atoms with E-state index in [4.69, 9.17) is 5.11 Å². The first-order valence-corrected chi connectivity index (χ1v) is 6.48. The number of fused-ring (bicyclic) bond motifs is 1. The molecule has 0 aliphatic rings. The molecule has 0 fully saturated rings. The first-order valence-electron chi connectivity index (χ1n) is 4.70. The van der Waals surface area contributed by atoms with E-state index in [9.17, 15) is 4.79 Å². The van der Waals surface area contributed by atoms with Crippen molar-refractivity contribution in [2.24, 2.45) is 0 Å². The lowest BCUT2D eigenvalue weighted by molar-refractivity contribution is -0.133. The number of thioether (sulfide) groups is 1. The Balaban J connectivity index is 2.40. The Morgan fingerprint density at radius 1 is 1.25 bits per heavy atom. The summed E-state index contributed by atoms with van der Waals surface area (Å²) >= 11 is 4.84. The fourth-order valence-corrected chi connectivity index (χ4v) is 2.98. The standard InChI is InChI=1S/C12H9BrO2S/c13-12-9-4-2-1-3-8(9)5-6-10(12)16-7-11(14)15/h1-6H,7H2,(H,14,15). The molecule has 0 saturated carbocycles. The average Bonchev–Trinajstić information content (AvgIpc) is 2.28. The molecule has 0 spiro atoms. The molecule has 1 N–H and O–H groups in total.